The molecule has 194 valence electrons. The van der Waals surface area contributed by atoms with E-state index in [0.717, 1.165) is 51.4 Å². The molecular weight excluding hydrogens is 443 g/mol. The van der Waals surface area contributed by atoms with Gasteiger partial charge in [0.2, 0.25) is 5.91 Å². The third kappa shape index (κ3) is 20.1. The summed E-state index contributed by atoms with van der Waals surface area (Å²) >= 11 is 0. The van der Waals surface area contributed by atoms with Crippen molar-refractivity contribution in [2.75, 3.05) is 40.9 Å². The number of allylic oxidation sites excluding steroid dienone is 3. The molecule has 0 heterocycles. The molecular formula is C24H47N2O6P. The molecule has 0 aromatic heterocycles. The molecule has 0 aromatic carbocycles. The smallest absolute Gasteiger partial charge is 0.268 e. The summed E-state index contributed by atoms with van der Waals surface area (Å²) in [6, 6.07) is -0.889. The molecule has 0 spiro atoms. The zero-order valence-electron chi connectivity index (χ0n) is 21.3. The van der Waals surface area contributed by atoms with Gasteiger partial charge in [0.1, 0.15) is 13.2 Å². The number of hydrogen-bond acceptors (Lipinski definition) is 6. The number of carbonyl (C=O) groups excluding carboxylic acids is 1. The van der Waals surface area contributed by atoms with Crippen molar-refractivity contribution in [2.45, 2.75) is 83.8 Å². The fraction of sp³-hybridized carbons (Fsp3) is 0.792. The molecule has 8 nitrogen and oxygen atoms in total. The van der Waals surface area contributed by atoms with E-state index >= 15 is 0 Å². The first-order valence-corrected chi connectivity index (χ1v) is 13.7. The van der Waals surface area contributed by atoms with Crippen molar-refractivity contribution in [1.29, 1.82) is 0 Å². The van der Waals surface area contributed by atoms with E-state index < -0.39 is 26.6 Å². The molecule has 33 heavy (non-hydrogen) atoms. The molecule has 0 aliphatic heterocycles. The van der Waals surface area contributed by atoms with E-state index in [0.29, 0.717) is 17.4 Å². The van der Waals surface area contributed by atoms with Crippen LogP contribution in [0.1, 0.15) is 71.6 Å². The minimum Gasteiger partial charge on any atom is -0.756 e. The van der Waals surface area contributed by atoms with Gasteiger partial charge in [-0.3, -0.25) is 9.36 Å². The van der Waals surface area contributed by atoms with Gasteiger partial charge in [-0.1, -0.05) is 63.8 Å². The number of phosphoric ester groups is 1. The summed E-state index contributed by atoms with van der Waals surface area (Å²) in [5.74, 6) is -0.235. The summed E-state index contributed by atoms with van der Waals surface area (Å²) in [6.45, 7) is 4.31. The summed E-state index contributed by atoms with van der Waals surface area (Å²) < 4.78 is 22.6. The van der Waals surface area contributed by atoms with Crippen LogP contribution in [0.25, 0.3) is 0 Å². The van der Waals surface area contributed by atoms with Crippen molar-refractivity contribution >= 4 is 13.7 Å². The summed E-state index contributed by atoms with van der Waals surface area (Å²) in [7, 11) is 1.23. The van der Waals surface area contributed by atoms with E-state index in [4.69, 9.17) is 9.05 Å². The number of aliphatic hydroxyl groups excluding tert-OH is 1. The Hall–Kier alpha value is -1.02. The van der Waals surface area contributed by atoms with Crippen molar-refractivity contribution < 1.29 is 32.9 Å². The first-order valence-electron chi connectivity index (χ1n) is 12.2. The van der Waals surface area contributed by atoms with E-state index in [1.807, 2.05) is 27.2 Å². The van der Waals surface area contributed by atoms with Gasteiger partial charge in [0, 0.05) is 6.42 Å². The van der Waals surface area contributed by atoms with Crippen LogP contribution in [0.3, 0.4) is 0 Å². The summed E-state index contributed by atoms with van der Waals surface area (Å²) in [6.07, 6.45) is 14.5. The number of quaternary nitrogens is 1. The van der Waals surface area contributed by atoms with Crippen LogP contribution in [0.15, 0.2) is 24.3 Å². The lowest BCUT2D eigenvalue weighted by Crippen LogP contribution is -2.45. The SMILES string of the molecule is CCC/C=C/CC/C=C/C(O)C(COP(=O)([O-])OCC[N+](C)(C)C)NC(=O)CCCCCC. The molecule has 0 fully saturated rings. The lowest BCUT2D eigenvalue weighted by molar-refractivity contribution is -0.870. The monoisotopic (exact) mass is 490 g/mol. The van der Waals surface area contributed by atoms with E-state index in [-0.39, 0.29) is 12.5 Å². The maximum absolute atomic E-state index is 12.3. The third-order valence-corrected chi connectivity index (χ3v) is 5.86. The average molecular weight is 491 g/mol. The predicted molar refractivity (Wildman–Crippen MR) is 132 cm³/mol. The Labute approximate surface area is 201 Å². The first kappa shape index (κ1) is 32.0. The molecule has 1 amide bonds. The number of unbranched alkanes of at least 4 members (excludes halogenated alkanes) is 5. The third-order valence-electron chi connectivity index (χ3n) is 4.90. The standard InChI is InChI=1S/C24H47N2O6P/c1-6-8-10-12-13-14-15-17-23(27)22(25-24(28)18-16-11-9-7-2)21-32-33(29,30)31-20-19-26(3,4)5/h10,12,15,17,22-23,27H,6-9,11,13-14,16,18-21H2,1-5H3,(H-,25,28,29,30)/b12-10+,17-15+. The second-order valence-electron chi connectivity index (χ2n) is 9.33. The van der Waals surface area contributed by atoms with Crippen LogP contribution in [0.4, 0.5) is 0 Å². The highest BCUT2D eigenvalue weighted by Gasteiger charge is 2.23. The van der Waals surface area contributed by atoms with Gasteiger partial charge in [0.15, 0.2) is 0 Å². The molecule has 2 N–H and O–H groups in total. The molecule has 0 rings (SSSR count). The van der Waals surface area contributed by atoms with Crippen molar-refractivity contribution in [3.63, 3.8) is 0 Å². The van der Waals surface area contributed by atoms with Crippen molar-refractivity contribution in [3.05, 3.63) is 24.3 Å². The fourth-order valence-electron chi connectivity index (χ4n) is 2.82. The van der Waals surface area contributed by atoms with Crippen molar-refractivity contribution in [3.8, 4) is 0 Å². The zero-order chi connectivity index (χ0) is 25.2. The van der Waals surface area contributed by atoms with E-state index in [2.05, 4.69) is 31.3 Å². The highest BCUT2D eigenvalue weighted by Crippen LogP contribution is 2.38. The number of aliphatic hydroxyl groups is 1. The van der Waals surface area contributed by atoms with E-state index in [1.54, 1.807) is 6.08 Å². The molecule has 0 radical (unpaired) electrons. The zero-order valence-corrected chi connectivity index (χ0v) is 22.2. The molecule has 0 aliphatic rings. The number of nitrogens with zero attached hydrogens (tertiary/aromatic N) is 1. The highest BCUT2D eigenvalue weighted by atomic mass is 31.2. The van der Waals surface area contributed by atoms with Gasteiger partial charge in [-0.2, -0.15) is 0 Å². The number of amides is 1. The van der Waals surface area contributed by atoms with Crippen molar-refractivity contribution in [2.24, 2.45) is 0 Å². The molecule has 0 bridgehead atoms. The number of phosphoric acid groups is 1. The molecule has 0 saturated heterocycles. The minimum atomic E-state index is -4.55. The Bertz CT molecular complexity index is 619. The normalized spacial score (nSPS) is 16.2. The predicted octanol–water partition coefficient (Wildman–Crippen LogP) is 3.70. The molecule has 3 unspecified atom stereocenters. The Morgan fingerprint density at radius 1 is 1.03 bits per heavy atom. The molecule has 3 atom stereocenters. The van der Waals surface area contributed by atoms with Gasteiger partial charge in [0.25, 0.3) is 7.82 Å². The minimum absolute atomic E-state index is 0.00720. The summed E-state index contributed by atoms with van der Waals surface area (Å²) in [4.78, 5) is 24.4. The van der Waals surface area contributed by atoms with Crippen LogP contribution >= 0.6 is 7.82 Å². The number of carbonyl (C=O) groups is 1. The van der Waals surface area contributed by atoms with Crippen LogP contribution in [0.2, 0.25) is 0 Å². The lowest BCUT2D eigenvalue weighted by atomic mass is 10.1. The summed E-state index contributed by atoms with van der Waals surface area (Å²) in [5.41, 5.74) is 0. The van der Waals surface area contributed by atoms with Gasteiger partial charge < -0.3 is 28.8 Å². The lowest BCUT2D eigenvalue weighted by Gasteiger charge is -2.29. The quantitative estimate of drug-likeness (QED) is 0.117. The second-order valence-corrected chi connectivity index (χ2v) is 10.7. The largest absolute Gasteiger partial charge is 0.756 e. The van der Waals surface area contributed by atoms with Gasteiger partial charge in [-0.15, -0.1) is 0 Å². The molecule has 0 aliphatic carbocycles. The number of nitrogens with one attached hydrogen (secondary N) is 1. The van der Waals surface area contributed by atoms with Gasteiger partial charge in [-0.25, -0.2) is 0 Å². The first-order chi connectivity index (χ1) is 15.5. The van der Waals surface area contributed by atoms with Crippen LogP contribution in [0, 0.1) is 0 Å². The van der Waals surface area contributed by atoms with Gasteiger partial charge >= 0.3 is 0 Å². The fourth-order valence-corrected chi connectivity index (χ4v) is 3.54. The Morgan fingerprint density at radius 3 is 2.33 bits per heavy atom. The molecule has 0 saturated carbocycles. The molecule has 9 heteroatoms. The van der Waals surface area contributed by atoms with Crippen molar-refractivity contribution in [1.82, 2.24) is 5.32 Å². The van der Waals surface area contributed by atoms with Crippen LogP contribution in [-0.4, -0.2) is 68.5 Å². The van der Waals surface area contributed by atoms with Crippen LogP contribution < -0.4 is 10.2 Å². The van der Waals surface area contributed by atoms with Crippen LogP contribution in [-0.2, 0) is 18.4 Å². The summed E-state index contributed by atoms with van der Waals surface area (Å²) in [5, 5.41) is 13.3. The van der Waals surface area contributed by atoms with E-state index in [9.17, 15) is 19.4 Å². The second kappa shape index (κ2) is 18.3. The topological polar surface area (TPSA) is 108 Å². The Balaban J connectivity index is 4.84. The Kier molecular flexibility index (Phi) is 17.8. The van der Waals surface area contributed by atoms with Crippen LogP contribution in [0.5, 0.6) is 0 Å². The Morgan fingerprint density at radius 2 is 1.70 bits per heavy atom. The maximum atomic E-state index is 12.3. The number of hydrogen-bond donors (Lipinski definition) is 2. The average Bonchev–Trinajstić information content (AvgIpc) is 2.72. The highest BCUT2D eigenvalue weighted by molar-refractivity contribution is 7.45. The van der Waals surface area contributed by atoms with Gasteiger partial charge in [-0.05, 0) is 25.7 Å². The number of likely N-dealkylation sites (N-methyl/N-ethyl adjacent to an activating group) is 1. The number of rotatable bonds is 20. The molecule has 0 aromatic rings. The van der Waals surface area contributed by atoms with Gasteiger partial charge in [0.05, 0.1) is 39.9 Å². The maximum Gasteiger partial charge on any atom is 0.268 e. The van der Waals surface area contributed by atoms with E-state index in [1.165, 1.54) is 0 Å².